The minimum Gasteiger partial charge on any atom is -0.493 e. The number of carbonyl (C=O) groups excluding carboxylic acids is 2. The number of unbranched alkanes of at least 4 members (excludes halogenated alkanes) is 2. The molecule has 0 aliphatic carbocycles. The van der Waals surface area contributed by atoms with Crippen molar-refractivity contribution in [1.29, 1.82) is 0 Å². The second kappa shape index (κ2) is 13.5. The Hall–Kier alpha value is -2.81. The number of aliphatic carboxylic acids is 1. The van der Waals surface area contributed by atoms with Gasteiger partial charge in [0.2, 0.25) is 5.91 Å². The number of nitrogens with zero attached hydrogens (tertiary/aromatic N) is 4. The highest BCUT2D eigenvalue weighted by Gasteiger charge is 2.47. The van der Waals surface area contributed by atoms with Crippen LogP contribution in [0.1, 0.15) is 69.4 Å². The highest BCUT2D eigenvalue weighted by Crippen LogP contribution is 2.41. The van der Waals surface area contributed by atoms with Crippen LogP contribution in [0.25, 0.3) is 0 Å². The van der Waals surface area contributed by atoms with E-state index in [9.17, 15) is 19.5 Å². The summed E-state index contributed by atoms with van der Waals surface area (Å²) in [5.74, 6) is -0.779. The van der Waals surface area contributed by atoms with Gasteiger partial charge in [0.05, 0.1) is 19.1 Å². The number of benzene rings is 1. The van der Waals surface area contributed by atoms with Crippen LogP contribution in [0.4, 0.5) is 4.79 Å². The minimum atomic E-state index is -0.840. The van der Waals surface area contributed by atoms with E-state index in [0.717, 1.165) is 75.0 Å². The first-order valence-corrected chi connectivity index (χ1v) is 14.8. The number of rotatable bonds is 13. The number of hydrogen-bond donors (Lipinski definition) is 1. The lowest BCUT2D eigenvalue weighted by atomic mass is 9.83. The summed E-state index contributed by atoms with van der Waals surface area (Å²) in [5.41, 5.74) is 2.11. The van der Waals surface area contributed by atoms with Crippen molar-refractivity contribution in [2.75, 3.05) is 59.5 Å². The molecule has 216 valence electrons. The molecule has 0 bridgehead atoms. The van der Waals surface area contributed by atoms with Gasteiger partial charge in [0, 0.05) is 64.7 Å². The predicted octanol–water partition coefficient (Wildman–Crippen LogP) is 3.67. The average Bonchev–Trinajstić information content (AvgIpc) is 3.53. The number of hydrogen-bond acceptors (Lipinski definition) is 5. The van der Waals surface area contributed by atoms with Crippen molar-refractivity contribution in [3.05, 3.63) is 29.3 Å². The van der Waals surface area contributed by atoms with Gasteiger partial charge in [-0.3, -0.25) is 14.5 Å². The quantitative estimate of drug-likeness (QED) is 0.409. The second-order valence-corrected chi connectivity index (χ2v) is 11.4. The summed E-state index contributed by atoms with van der Waals surface area (Å²) in [4.78, 5) is 46.7. The molecule has 2 fully saturated rings. The van der Waals surface area contributed by atoms with Crippen LogP contribution in [0.3, 0.4) is 0 Å². The zero-order valence-corrected chi connectivity index (χ0v) is 23.9. The Kier molecular flexibility index (Phi) is 10.1. The first kappa shape index (κ1) is 29.2. The number of likely N-dealkylation sites (tertiary alicyclic amines) is 1. The Morgan fingerprint density at radius 3 is 2.56 bits per heavy atom. The molecule has 0 spiro atoms. The first-order valence-electron chi connectivity index (χ1n) is 14.8. The number of carboxylic acid groups (broad SMARTS) is 1. The van der Waals surface area contributed by atoms with E-state index in [0.29, 0.717) is 32.7 Å². The van der Waals surface area contributed by atoms with Gasteiger partial charge in [-0.15, -0.1) is 0 Å². The van der Waals surface area contributed by atoms with Crippen molar-refractivity contribution in [2.45, 2.75) is 70.8 Å². The third-order valence-electron chi connectivity index (χ3n) is 8.64. The lowest BCUT2D eigenvalue weighted by Crippen LogP contribution is -2.50. The minimum absolute atomic E-state index is 0.00535. The van der Waals surface area contributed by atoms with Crippen molar-refractivity contribution in [1.82, 2.24) is 19.6 Å². The molecule has 9 nitrogen and oxygen atoms in total. The van der Waals surface area contributed by atoms with Crippen molar-refractivity contribution in [2.24, 2.45) is 5.92 Å². The highest BCUT2D eigenvalue weighted by atomic mass is 16.5. The summed E-state index contributed by atoms with van der Waals surface area (Å²) in [7, 11) is 1.81. The van der Waals surface area contributed by atoms with Crippen molar-refractivity contribution >= 4 is 17.9 Å². The molecule has 39 heavy (non-hydrogen) atoms. The molecule has 4 rings (SSSR count). The van der Waals surface area contributed by atoms with Gasteiger partial charge in [-0.25, -0.2) is 4.79 Å². The molecule has 2 saturated heterocycles. The topological polar surface area (TPSA) is 93.6 Å². The summed E-state index contributed by atoms with van der Waals surface area (Å²) in [6.07, 6.45) is 6.21. The monoisotopic (exact) mass is 542 g/mol. The Morgan fingerprint density at radius 1 is 1.13 bits per heavy atom. The molecule has 9 heteroatoms. The third kappa shape index (κ3) is 6.86. The van der Waals surface area contributed by atoms with Crippen LogP contribution in [0.2, 0.25) is 0 Å². The van der Waals surface area contributed by atoms with Crippen LogP contribution in [-0.4, -0.2) is 108 Å². The van der Waals surface area contributed by atoms with E-state index in [4.69, 9.17) is 4.74 Å². The van der Waals surface area contributed by atoms with Crippen LogP contribution in [-0.2, 0) is 16.0 Å². The van der Waals surface area contributed by atoms with Crippen LogP contribution in [0, 0.1) is 5.92 Å². The molecule has 1 aromatic rings. The molecule has 3 aliphatic heterocycles. The summed E-state index contributed by atoms with van der Waals surface area (Å²) < 4.78 is 5.68. The molecule has 3 heterocycles. The third-order valence-corrected chi connectivity index (χ3v) is 8.64. The van der Waals surface area contributed by atoms with E-state index in [2.05, 4.69) is 24.8 Å². The van der Waals surface area contributed by atoms with Gasteiger partial charge in [-0.05, 0) is 42.9 Å². The molecular weight excluding hydrogens is 496 g/mol. The number of fused-ring (bicyclic) bond motifs is 1. The molecule has 1 N–H and O–H groups in total. The Balaban J connectivity index is 1.58. The van der Waals surface area contributed by atoms with E-state index in [1.807, 2.05) is 29.0 Å². The highest BCUT2D eigenvalue weighted by molar-refractivity contribution is 5.79. The van der Waals surface area contributed by atoms with Crippen LogP contribution in [0.5, 0.6) is 5.75 Å². The second-order valence-electron chi connectivity index (χ2n) is 11.4. The van der Waals surface area contributed by atoms with Gasteiger partial charge in [0.25, 0.3) is 0 Å². The number of urea groups is 1. The standard InChI is InChI=1S/C30H46N4O5/c1-4-6-14-32(15-7-5-2)27(35)21-34-20-24(22-9-10-26-23(19-22)12-18-39-26)28(29(36)37)25(34)11-17-33-16-8-13-31(3)30(33)38/h9-10,19,24-25,28H,4-8,11-18,20-21H2,1-3H3,(H,36,37)/t24-,25+,28?/m1/s1. The zero-order valence-electron chi connectivity index (χ0n) is 23.9. The molecule has 0 aromatic heterocycles. The van der Waals surface area contributed by atoms with Crippen LogP contribution < -0.4 is 4.74 Å². The number of amides is 3. The van der Waals surface area contributed by atoms with Crippen LogP contribution in [0.15, 0.2) is 18.2 Å². The summed E-state index contributed by atoms with van der Waals surface area (Å²) in [5, 5.41) is 10.5. The maximum Gasteiger partial charge on any atom is 0.319 e. The molecular formula is C30H46N4O5. The van der Waals surface area contributed by atoms with E-state index < -0.39 is 11.9 Å². The molecule has 1 unspecified atom stereocenters. The summed E-state index contributed by atoms with van der Waals surface area (Å²) in [6.45, 7) is 9.01. The predicted molar refractivity (Wildman–Crippen MR) is 150 cm³/mol. The molecule has 0 radical (unpaired) electrons. The fraction of sp³-hybridized carbons (Fsp3) is 0.700. The number of carboxylic acids is 1. The van der Waals surface area contributed by atoms with E-state index in [1.54, 1.807) is 4.90 Å². The van der Waals surface area contributed by atoms with Crippen molar-refractivity contribution in [3.8, 4) is 5.75 Å². The van der Waals surface area contributed by atoms with E-state index in [1.165, 1.54) is 0 Å². The summed E-state index contributed by atoms with van der Waals surface area (Å²) in [6, 6.07) is 5.71. The molecule has 1 aromatic carbocycles. The van der Waals surface area contributed by atoms with Gasteiger partial charge >= 0.3 is 12.0 Å². The fourth-order valence-corrected chi connectivity index (χ4v) is 6.39. The molecule has 0 saturated carbocycles. The van der Waals surface area contributed by atoms with Gasteiger partial charge in [-0.2, -0.15) is 0 Å². The fourth-order valence-electron chi connectivity index (χ4n) is 6.39. The smallest absolute Gasteiger partial charge is 0.319 e. The van der Waals surface area contributed by atoms with Gasteiger partial charge in [0.15, 0.2) is 0 Å². The normalized spacial score (nSPS) is 23.2. The van der Waals surface area contributed by atoms with E-state index >= 15 is 0 Å². The first-order chi connectivity index (χ1) is 18.8. The Labute approximate surface area is 233 Å². The molecule has 3 aliphatic rings. The van der Waals surface area contributed by atoms with Crippen LogP contribution >= 0.6 is 0 Å². The lowest BCUT2D eigenvalue weighted by molar-refractivity contribution is -0.144. The van der Waals surface area contributed by atoms with Crippen molar-refractivity contribution < 1.29 is 24.2 Å². The lowest BCUT2D eigenvalue weighted by Gasteiger charge is -2.35. The van der Waals surface area contributed by atoms with E-state index in [-0.39, 0.29) is 30.4 Å². The molecule has 3 amide bonds. The van der Waals surface area contributed by atoms with Gasteiger partial charge in [0.1, 0.15) is 5.75 Å². The zero-order chi connectivity index (χ0) is 27.9. The average molecular weight is 543 g/mol. The molecule has 3 atom stereocenters. The van der Waals surface area contributed by atoms with Gasteiger partial charge in [-0.1, -0.05) is 38.8 Å². The Bertz CT molecular complexity index is 1010. The maximum absolute atomic E-state index is 13.6. The number of carbonyl (C=O) groups is 3. The summed E-state index contributed by atoms with van der Waals surface area (Å²) >= 11 is 0. The van der Waals surface area contributed by atoms with Gasteiger partial charge < -0.3 is 24.5 Å². The van der Waals surface area contributed by atoms with Crippen molar-refractivity contribution in [3.63, 3.8) is 0 Å². The largest absolute Gasteiger partial charge is 0.493 e. The SMILES string of the molecule is CCCCN(CCCC)C(=O)CN1C[C@H](c2ccc3c(c2)CCO3)C(C(=O)O)[C@@H]1CCN1CCCN(C)C1=O. The number of ether oxygens (including phenoxy) is 1. The Morgan fingerprint density at radius 2 is 1.87 bits per heavy atom. The maximum atomic E-state index is 13.6.